The molecule has 1 fully saturated rings. The summed E-state index contributed by atoms with van der Waals surface area (Å²) in [6.07, 6.45) is -1.01. The number of nitrogens with zero attached hydrogens (tertiary/aromatic N) is 1. The fourth-order valence-corrected chi connectivity index (χ4v) is 2.54. The lowest BCUT2D eigenvalue weighted by Crippen LogP contribution is -2.56. The molecule has 6 nitrogen and oxygen atoms in total. The minimum absolute atomic E-state index is 0.0851. The van der Waals surface area contributed by atoms with Crippen LogP contribution in [-0.2, 0) is 20.8 Å². The molecular weight excluding hydrogens is 284 g/mol. The molecule has 3 atom stereocenters. The van der Waals surface area contributed by atoms with Crippen LogP contribution < -0.4 is 5.32 Å². The third-order valence-electron chi connectivity index (χ3n) is 3.94. The van der Waals surface area contributed by atoms with Gasteiger partial charge in [-0.05, 0) is 12.6 Å². The zero-order valence-electron chi connectivity index (χ0n) is 13.1. The van der Waals surface area contributed by atoms with Gasteiger partial charge < -0.3 is 19.9 Å². The van der Waals surface area contributed by atoms with Crippen molar-refractivity contribution in [3.05, 3.63) is 35.9 Å². The van der Waals surface area contributed by atoms with Gasteiger partial charge in [-0.15, -0.1) is 0 Å². The number of likely N-dealkylation sites (N-methyl/N-ethyl adjacent to an activating group) is 1. The molecule has 0 radical (unpaired) electrons. The van der Waals surface area contributed by atoms with Crippen molar-refractivity contribution in [2.75, 3.05) is 33.9 Å². The van der Waals surface area contributed by atoms with Gasteiger partial charge in [0.15, 0.2) is 0 Å². The summed E-state index contributed by atoms with van der Waals surface area (Å²) in [5, 5.41) is 13.1. The average molecular weight is 308 g/mol. The van der Waals surface area contributed by atoms with E-state index in [9.17, 15) is 9.90 Å². The molecule has 0 unspecified atom stereocenters. The molecule has 0 bridgehead atoms. The van der Waals surface area contributed by atoms with Crippen LogP contribution in [-0.4, -0.2) is 68.1 Å². The SMILES string of the molecule is CO[C@@H]1COC[C@@H](N(C)CC(=O)NCc2ccccc2)[C@@H]1O. The molecule has 1 saturated heterocycles. The van der Waals surface area contributed by atoms with Crippen LogP contribution >= 0.6 is 0 Å². The molecule has 1 aliphatic heterocycles. The Morgan fingerprint density at radius 3 is 2.82 bits per heavy atom. The molecule has 2 rings (SSSR count). The first-order valence-corrected chi connectivity index (χ1v) is 7.41. The van der Waals surface area contributed by atoms with E-state index in [1.54, 1.807) is 19.1 Å². The van der Waals surface area contributed by atoms with E-state index in [0.717, 1.165) is 5.56 Å². The Bertz CT molecular complexity index is 468. The molecule has 0 saturated carbocycles. The highest BCUT2D eigenvalue weighted by atomic mass is 16.5. The summed E-state index contributed by atoms with van der Waals surface area (Å²) in [7, 11) is 3.35. The highest BCUT2D eigenvalue weighted by Gasteiger charge is 2.35. The largest absolute Gasteiger partial charge is 0.389 e. The first kappa shape index (κ1) is 16.9. The first-order valence-electron chi connectivity index (χ1n) is 7.41. The van der Waals surface area contributed by atoms with Crippen LogP contribution in [0.3, 0.4) is 0 Å². The van der Waals surface area contributed by atoms with Gasteiger partial charge in [0.1, 0.15) is 12.2 Å². The van der Waals surface area contributed by atoms with E-state index in [1.165, 1.54) is 0 Å². The molecule has 2 N–H and O–H groups in total. The van der Waals surface area contributed by atoms with E-state index in [1.807, 2.05) is 30.3 Å². The van der Waals surface area contributed by atoms with Crippen LogP contribution in [0.25, 0.3) is 0 Å². The van der Waals surface area contributed by atoms with Gasteiger partial charge in [-0.2, -0.15) is 0 Å². The van der Waals surface area contributed by atoms with Crippen molar-refractivity contribution in [3.8, 4) is 0 Å². The molecule has 1 aromatic carbocycles. The number of ether oxygens (including phenoxy) is 2. The molecule has 6 heteroatoms. The summed E-state index contributed by atoms with van der Waals surface area (Å²) < 4.78 is 10.6. The highest BCUT2D eigenvalue weighted by Crippen LogP contribution is 2.15. The number of aliphatic hydroxyl groups is 1. The van der Waals surface area contributed by atoms with Crippen LogP contribution in [0, 0.1) is 0 Å². The number of nitrogens with one attached hydrogen (secondary N) is 1. The maximum Gasteiger partial charge on any atom is 0.234 e. The molecule has 1 aliphatic rings. The van der Waals surface area contributed by atoms with Crippen molar-refractivity contribution in [2.45, 2.75) is 24.8 Å². The lowest BCUT2D eigenvalue weighted by atomic mass is 10.0. The summed E-state index contributed by atoms with van der Waals surface area (Å²) in [6, 6.07) is 9.50. The number of aliphatic hydroxyl groups excluding tert-OH is 1. The number of rotatable bonds is 6. The maximum absolute atomic E-state index is 12.0. The molecular formula is C16H24N2O4. The van der Waals surface area contributed by atoms with Crippen LogP contribution in [0.5, 0.6) is 0 Å². The molecule has 1 aromatic rings. The third-order valence-corrected chi connectivity index (χ3v) is 3.94. The van der Waals surface area contributed by atoms with E-state index >= 15 is 0 Å². The molecule has 122 valence electrons. The van der Waals surface area contributed by atoms with Gasteiger partial charge in [0, 0.05) is 13.7 Å². The van der Waals surface area contributed by atoms with Gasteiger partial charge in [0.2, 0.25) is 5.91 Å². The Morgan fingerprint density at radius 1 is 1.41 bits per heavy atom. The van der Waals surface area contributed by atoms with Crippen LogP contribution in [0.4, 0.5) is 0 Å². The van der Waals surface area contributed by atoms with Crippen molar-refractivity contribution >= 4 is 5.91 Å². The third kappa shape index (κ3) is 4.51. The van der Waals surface area contributed by atoms with E-state index in [0.29, 0.717) is 19.8 Å². The molecule has 0 spiro atoms. The molecule has 1 heterocycles. The Balaban J connectivity index is 1.80. The normalized spacial score (nSPS) is 25.2. The number of hydrogen-bond acceptors (Lipinski definition) is 5. The van der Waals surface area contributed by atoms with Gasteiger partial charge >= 0.3 is 0 Å². The fourth-order valence-electron chi connectivity index (χ4n) is 2.54. The fraction of sp³-hybridized carbons (Fsp3) is 0.562. The lowest BCUT2D eigenvalue weighted by Gasteiger charge is -2.38. The van der Waals surface area contributed by atoms with Gasteiger partial charge in [0.05, 0.1) is 25.8 Å². The number of carbonyl (C=O) groups excluding carboxylic acids is 1. The predicted molar refractivity (Wildman–Crippen MR) is 82.3 cm³/mol. The van der Waals surface area contributed by atoms with Gasteiger partial charge in [0.25, 0.3) is 0 Å². The minimum Gasteiger partial charge on any atom is -0.389 e. The standard InChI is InChI=1S/C16H24N2O4/c1-18(13-10-22-11-14(21-2)16(13)20)9-15(19)17-8-12-6-4-3-5-7-12/h3-7,13-14,16,20H,8-11H2,1-2H3,(H,17,19)/t13-,14-,16+/m1/s1. The summed E-state index contributed by atoms with van der Waals surface area (Å²) in [4.78, 5) is 13.8. The molecule has 0 aromatic heterocycles. The maximum atomic E-state index is 12.0. The van der Waals surface area contributed by atoms with Crippen molar-refractivity contribution in [3.63, 3.8) is 0 Å². The number of benzene rings is 1. The Labute approximate surface area is 131 Å². The summed E-state index contributed by atoms with van der Waals surface area (Å²) >= 11 is 0. The summed E-state index contributed by atoms with van der Waals surface area (Å²) in [6.45, 7) is 1.47. The van der Waals surface area contributed by atoms with E-state index < -0.39 is 6.10 Å². The monoisotopic (exact) mass is 308 g/mol. The van der Waals surface area contributed by atoms with Crippen LogP contribution in [0.2, 0.25) is 0 Å². The Kier molecular flexibility index (Phi) is 6.33. The van der Waals surface area contributed by atoms with Crippen molar-refractivity contribution < 1.29 is 19.4 Å². The topological polar surface area (TPSA) is 71.0 Å². The zero-order chi connectivity index (χ0) is 15.9. The Morgan fingerprint density at radius 2 is 2.14 bits per heavy atom. The lowest BCUT2D eigenvalue weighted by molar-refractivity contribution is -0.145. The smallest absolute Gasteiger partial charge is 0.234 e. The van der Waals surface area contributed by atoms with E-state index in [-0.39, 0.29) is 24.6 Å². The number of carbonyl (C=O) groups is 1. The first-order chi connectivity index (χ1) is 10.6. The van der Waals surface area contributed by atoms with Crippen LogP contribution in [0.15, 0.2) is 30.3 Å². The summed E-state index contributed by atoms with van der Waals surface area (Å²) in [5.41, 5.74) is 1.05. The number of hydrogen-bond donors (Lipinski definition) is 2. The molecule has 22 heavy (non-hydrogen) atoms. The average Bonchev–Trinajstić information content (AvgIpc) is 2.54. The van der Waals surface area contributed by atoms with Gasteiger partial charge in [-0.1, -0.05) is 30.3 Å². The van der Waals surface area contributed by atoms with Gasteiger partial charge in [-0.3, -0.25) is 9.69 Å². The second-order valence-corrected chi connectivity index (χ2v) is 5.55. The summed E-state index contributed by atoms with van der Waals surface area (Å²) in [5.74, 6) is -0.0851. The van der Waals surface area contributed by atoms with Crippen LogP contribution in [0.1, 0.15) is 5.56 Å². The Hall–Kier alpha value is -1.47. The molecule has 0 aliphatic carbocycles. The second-order valence-electron chi connectivity index (χ2n) is 5.55. The zero-order valence-corrected chi connectivity index (χ0v) is 13.1. The molecule has 1 amide bonds. The van der Waals surface area contributed by atoms with Crippen molar-refractivity contribution in [1.82, 2.24) is 10.2 Å². The predicted octanol–water partition coefficient (Wildman–Crippen LogP) is 0.00930. The van der Waals surface area contributed by atoms with Crippen molar-refractivity contribution in [1.29, 1.82) is 0 Å². The van der Waals surface area contributed by atoms with E-state index in [2.05, 4.69) is 5.32 Å². The quantitative estimate of drug-likeness (QED) is 0.775. The van der Waals surface area contributed by atoms with E-state index in [4.69, 9.17) is 9.47 Å². The number of amides is 1. The number of methoxy groups -OCH3 is 1. The highest BCUT2D eigenvalue weighted by molar-refractivity contribution is 5.78. The minimum atomic E-state index is -0.661. The second kappa shape index (κ2) is 8.24. The van der Waals surface area contributed by atoms with Gasteiger partial charge in [-0.25, -0.2) is 0 Å². The van der Waals surface area contributed by atoms with Crippen molar-refractivity contribution in [2.24, 2.45) is 0 Å².